The Hall–Kier alpha value is -0.317. The molecule has 2 aromatic carbocycles. The van der Waals surface area contributed by atoms with Crippen LogP contribution in [0.2, 0.25) is 0 Å². The second kappa shape index (κ2) is 27.3. The third-order valence-electron chi connectivity index (χ3n) is 8.46. The number of alkyl halides is 3. The first-order chi connectivity index (χ1) is 24.6. The fourth-order valence-corrected chi connectivity index (χ4v) is 5.65. The molecule has 2 unspecified atom stereocenters. The van der Waals surface area contributed by atoms with Gasteiger partial charge in [-0.15, -0.1) is 0 Å². The van der Waals surface area contributed by atoms with Crippen LogP contribution in [0.4, 0.5) is 13.2 Å². The van der Waals surface area contributed by atoms with Crippen molar-refractivity contribution in [3.05, 3.63) is 82.9 Å². The van der Waals surface area contributed by atoms with E-state index in [1.807, 2.05) is 24.3 Å². The number of halogens is 3. The molecule has 0 saturated heterocycles. The van der Waals surface area contributed by atoms with Gasteiger partial charge in [-0.1, -0.05) is 99.2 Å². The SMILES string of the molecule is O=CO[O-].[2H]c1ccc(/C=C/C2(O)CCCCC2)cc1C(O)CCN.[2H]c1ccc(/C=C/C2(O)CCCCC2)cc1C(O)CCNC(=O)C(F)(F)F.[H-].[K+].[K+]. The third kappa shape index (κ3) is 20.6. The summed E-state index contributed by atoms with van der Waals surface area (Å²) in [7, 11) is 0. The summed E-state index contributed by atoms with van der Waals surface area (Å²) in [5.41, 5.74) is 6.34. The molecule has 2 atom stereocenters. The second-order valence-electron chi connectivity index (χ2n) is 12.5. The van der Waals surface area contributed by atoms with Gasteiger partial charge in [-0.25, -0.2) is 0 Å². The molecule has 0 aromatic heterocycles. The van der Waals surface area contributed by atoms with Gasteiger partial charge in [0.2, 0.25) is 0 Å². The molecule has 1 amide bonds. The molecule has 52 heavy (non-hydrogen) atoms. The quantitative estimate of drug-likeness (QED) is 0.0668. The molecule has 4 rings (SSSR count). The number of benzene rings is 2. The summed E-state index contributed by atoms with van der Waals surface area (Å²) in [5.74, 6) is -2.06. The maximum Gasteiger partial charge on any atom is 1.00 e. The number of hydrogen-bond donors (Lipinski definition) is 6. The molecular formula is C37H51F3K2N2O8. The monoisotopic (exact) mass is 788 g/mol. The van der Waals surface area contributed by atoms with Crippen LogP contribution in [0, 0.1) is 0 Å². The number of nitrogens with two attached hydrogens (primary N) is 1. The van der Waals surface area contributed by atoms with E-state index in [9.17, 15) is 38.4 Å². The maximum absolute atomic E-state index is 12.2. The first-order valence-corrected chi connectivity index (χ1v) is 16.7. The van der Waals surface area contributed by atoms with Gasteiger partial charge in [0.1, 0.15) is 0 Å². The number of rotatable bonds is 12. The van der Waals surface area contributed by atoms with E-state index in [4.69, 9.17) is 18.5 Å². The van der Waals surface area contributed by atoms with E-state index in [1.54, 1.807) is 35.7 Å². The third-order valence-corrected chi connectivity index (χ3v) is 8.46. The van der Waals surface area contributed by atoms with E-state index < -0.39 is 35.5 Å². The molecule has 7 N–H and O–H groups in total. The molecule has 2 fully saturated rings. The Bertz CT molecular complexity index is 1480. The number of carbonyl (C=O) groups excluding carboxylic acids is 2. The zero-order valence-corrected chi connectivity index (χ0v) is 36.3. The largest absolute Gasteiger partial charge is 1.00 e. The number of nitrogens with one attached hydrogen (secondary N) is 1. The predicted molar refractivity (Wildman–Crippen MR) is 183 cm³/mol. The summed E-state index contributed by atoms with van der Waals surface area (Å²) >= 11 is 0. The van der Waals surface area contributed by atoms with Gasteiger partial charge in [0.05, 0.1) is 26.2 Å². The van der Waals surface area contributed by atoms with Gasteiger partial charge >= 0.3 is 115 Å². The molecule has 2 aromatic rings. The average Bonchev–Trinajstić information content (AvgIpc) is 3.11. The first-order valence-electron chi connectivity index (χ1n) is 17.7. The Labute approximate surface area is 393 Å². The van der Waals surface area contributed by atoms with Gasteiger partial charge in [0, 0.05) is 6.54 Å². The van der Waals surface area contributed by atoms with Crippen LogP contribution in [0.1, 0.15) is 116 Å². The van der Waals surface area contributed by atoms with Crippen molar-refractivity contribution < 1.29 is 160 Å². The van der Waals surface area contributed by atoms with Gasteiger partial charge < -0.3 is 43.0 Å². The number of hydrogen-bond acceptors (Lipinski definition) is 9. The molecule has 10 nitrogen and oxygen atoms in total. The van der Waals surface area contributed by atoms with Crippen molar-refractivity contribution in [1.29, 1.82) is 0 Å². The number of amides is 1. The van der Waals surface area contributed by atoms with Crippen LogP contribution >= 0.6 is 0 Å². The van der Waals surface area contributed by atoms with E-state index in [0.717, 1.165) is 50.5 Å². The number of aliphatic hydroxyl groups excluding tert-OH is 2. The zero-order chi connectivity index (χ0) is 38.8. The summed E-state index contributed by atoms with van der Waals surface area (Å²) in [6, 6.07) is 10.4. The van der Waals surface area contributed by atoms with Crippen molar-refractivity contribution in [3.8, 4) is 0 Å². The van der Waals surface area contributed by atoms with Gasteiger partial charge in [-0.2, -0.15) is 13.2 Å². The minimum atomic E-state index is -4.96. The molecule has 15 heteroatoms. The summed E-state index contributed by atoms with van der Waals surface area (Å²) in [6.45, 7) is -0.154. The summed E-state index contributed by atoms with van der Waals surface area (Å²) in [5, 5.41) is 51.3. The fraction of sp³-hybridized carbons (Fsp3) is 0.514. The van der Waals surface area contributed by atoms with Crippen molar-refractivity contribution >= 4 is 24.5 Å². The molecule has 0 bridgehead atoms. The normalized spacial score (nSPS) is 18.0. The van der Waals surface area contributed by atoms with Crippen LogP contribution in [0.15, 0.2) is 60.6 Å². The molecular weight excluding hydrogens is 736 g/mol. The van der Waals surface area contributed by atoms with E-state index in [-0.39, 0.29) is 135 Å². The van der Waals surface area contributed by atoms with Gasteiger partial charge in [-0.3, -0.25) is 9.59 Å². The van der Waals surface area contributed by atoms with Crippen molar-refractivity contribution in [2.24, 2.45) is 5.73 Å². The molecule has 2 aliphatic carbocycles. The Kier molecular flexibility index (Phi) is 25.1. The van der Waals surface area contributed by atoms with Crippen molar-refractivity contribution in [1.82, 2.24) is 5.32 Å². The average molecular weight is 789 g/mol. The fourth-order valence-electron chi connectivity index (χ4n) is 5.65. The standard InChI is InChI=1S/C19H24F3NO3.C17H25NO2.CH2O3.2K.H/c20-19(21,22)17(25)23-12-8-16(24)15-6-4-5-14(13-15)7-11-18(26)9-2-1-3-10-18;18-12-8-16(19)15-6-4-5-14(13-15)7-11-17(20)9-2-1-3-10-17;2-1-4-3;;;/h4-7,11,13,16,24,26H,1-3,8-10,12H2,(H,23,25);4-7,11,13,16,19-20H,1-3,8-10,12,18H2;1,3H;;;/q;;;2*+1;-1/p-1/b2*11-7+;;;;/i2*6D;;;;. The topological polar surface area (TPSA) is 185 Å². The second-order valence-corrected chi connectivity index (χ2v) is 12.5. The van der Waals surface area contributed by atoms with Crippen molar-refractivity contribution in [2.45, 2.75) is 107 Å². The van der Waals surface area contributed by atoms with E-state index in [2.05, 4.69) is 4.89 Å². The minimum absolute atomic E-state index is 0. The van der Waals surface area contributed by atoms with Crippen molar-refractivity contribution in [2.75, 3.05) is 13.1 Å². The molecule has 0 aliphatic heterocycles. The predicted octanol–water partition coefficient (Wildman–Crippen LogP) is -1.17. The summed E-state index contributed by atoms with van der Waals surface area (Å²) in [4.78, 5) is 22.0. The number of carbonyl (C=O) groups is 2. The van der Waals surface area contributed by atoms with Gasteiger partial charge in [-0.05, 0) is 79.5 Å². The van der Waals surface area contributed by atoms with Gasteiger partial charge in [0.15, 0.2) is 0 Å². The van der Waals surface area contributed by atoms with E-state index in [1.165, 1.54) is 12.5 Å². The Morgan fingerprint density at radius 2 is 1.31 bits per heavy atom. The van der Waals surface area contributed by atoms with Crippen LogP contribution in [-0.2, 0) is 14.5 Å². The first kappa shape index (κ1) is 47.8. The Morgan fingerprint density at radius 3 is 1.67 bits per heavy atom. The van der Waals surface area contributed by atoms with Crippen LogP contribution in [0.25, 0.3) is 12.2 Å². The Morgan fingerprint density at radius 1 is 0.904 bits per heavy atom. The molecule has 0 heterocycles. The number of aliphatic hydroxyl groups is 4. The molecule has 0 spiro atoms. The summed E-state index contributed by atoms with van der Waals surface area (Å²) in [6.07, 6.45) is 10.00. The van der Waals surface area contributed by atoms with Gasteiger partial charge in [0.25, 0.3) is 6.47 Å². The van der Waals surface area contributed by atoms with Crippen LogP contribution < -0.4 is 119 Å². The smallest absolute Gasteiger partial charge is 1.00 e. The molecule has 0 radical (unpaired) electrons. The van der Waals surface area contributed by atoms with Crippen LogP contribution in [0.3, 0.4) is 0 Å². The van der Waals surface area contributed by atoms with Crippen LogP contribution in [0.5, 0.6) is 0 Å². The van der Waals surface area contributed by atoms with Crippen LogP contribution in [-0.4, -0.2) is 63.3 Å². The molecule has 2 aliphatic rings. The molecule has 280 valence electrons. The van der Waals surface area contributed by atoms with E-state index >= 15 is 0 Å². The van der Waals surface area contributed by atoms with E-state index in [0.29, 0.717) is 43.0 Å². The summed E-state index contributed by atoms with van der Waals surface area (Å²) < 4.78 is 52.2. The zero-order valence-electron chi connectivity index (χ0n) is 33.0. The maximum atomic E-state index is 12.2. The van der Waals surface area contributed by atoms with Crippen molar-refractivity contribution in [3.63, 3.8) is 0 Å². The minimum Gasteiger partial charge on any atom is -1.00 e. The molecule has 2 saturated carbocycles. The Balaban J connectivity index is 0.